The fourth-order valence-corrected chi connectivity index (χ4v) is 8.23. The summed E-state index contributed by atoms with van der Waals surface area (Å²) in [6.07, 6.45) is 0. The maximum atomic E-state index is 6.78. The van der Waals surface area contributed by atoms with Crippen LogP contribution in [0.25, 0.3) is 110 Å². The lowest BCUT2D eigenvalue weighted by atomic mass is 9.84. The Kier molecular flexibility index (Phi) is 5.70. The van der Waals surface area contributed by atoms with Crippen LogP contribution in [0.1, 0.15) is 0 Å². The fraction of sp³-hybridized carbons (Fsp3) is 0. The van der Waals surface area contributed by atoms with Gasteiger partial charge in [0.2, 0.25) is 0 Å². The molecule has 0 fully saturated rings. The molecule has 0 N–H and O–H groups in total. The molecule has 0 aliphatic rings. The largest absolute Gasteiger partial charge is 0.456 e. The summed E-state index contributed by atoms with van der Waals surface area (Å²) >= 11 is 0. The number of hydrogen-bond donors (Lipinski definition) is 0. The van der Waals surface area contributed by atoms with Gasteiger partial charge in [-0.15, -0.1) is 0 Å². The van der Waals surface area contributed by atoms with Crippen molar-refractivity contribution in [2.75, 3.05) is 0 Å². The zero-order chi connectivity index (χ0) is 32.8. The van der Waals surface area contributed by atoms with Gasteiger partial charge in [0.25, 0.3) is 0 Å². The van der Waals surface area contributed by atoms with E-state index >= 15 is 0 Å². The van der Waals surface area contributed by atoms with Crippen LogP contribution in [-0.4, -0.2) is 0 Å². The number of para-hydroxylation sites is 2. The molecule has 2 heterocycles. The summed E-state index contributed by atoms with van der Waals surface area (Å²) < 4.78 is 13.2. The normalized spacial score (nSPS) is 12.0. The molecular formula is C48H28O2. The molecule has 0 saturated heterocycles. The SMILES string of the molecule is c1ccc2cc(-c3ccc(-c4c5ccccc5c(-c5ccc6c(c5)oc5ccccc56)c5ccccc45)c4c3oc3ccccc34)ccc2c1. The lowest BCUT2D eigenvalue weighted by molar-refractivity contribution is 0.669. The Labute approximate surface area is 287 Å². The minimum atomic E-state index is 0.890. The molecule has 2 aromatic heterocycles. The van der Waals surface area contributed by atoms with Gasteiger partial charge in [0.05, 0.1) is 0 Å². The molecule has 50 heavy (non-hydrogen) atoms. The molecule has 0 aliphatic heterocycles. The van der Waals surface area contributed by atoms with Gasteiger partial charge in [-0.2, -0.15) is 0 Å². The summed E-state index contributed by atoms with van der Waals surface area (Å²) in [4.78, 5) is 0. The predicted octanol–water partition coefficient (Wildman–Crippen LogP) is 13.9. The van der Waals surface area contributed by atoms with Crippen molar-refractivity contribution in [2.45, 2.75) is 0 Å². The third kappa shape index (κ3) is 3.90. The second-order valence-corrected chi connectivity index (χ2v) is 13.2. The van der Waals surface area contributed by atoms with E-state index < -0.39 is 0 Å². The van der Waals surface area contributed by atoms with Gasteiger partial charge in [-0.05, 0) is 96.5 Å². The summed E-state index contributed by atoms with van der Waals surface area (Å²) in [6, 6.07) is 60.8. The molecule has 0 spiro atoms. The van der Waals surface area contributed by atoms with Crippen LogP contribution in [0, 0.1) is 0 Å². The number of rotatable bonds is 3. The number of furan rings is 2. The summed E-state index contributed by atoms with van der Waals surface area (Å²) in [5, 5.41) is 11.8. The third-order valence-corrected chi connectivity index (χ3v) is 10.5. The lowest BCUT2D eigenvalue weighted by Gasteiger charge is -2.18. The number of fused-ring (bicyclic) bond motifs is 9. The van der Waals surface area contributed by atoms with Crippen LogP contribution in [0.2, 0.25) is 0 Å². The Balaban J connectivity index is 1.22. The maximum Gasteiger partial charge on any atom is 0.143 e. The van der Waals surface area contributed by atoms with Crippen molar-refractivity contribution in [2.24, 2.45) is 0 Å². The molecule has 2 nitrogen and oxygen atoms in total. The van der Waals surface area contributed by atoms with Crippen LogP contribution in [0.15, 0.2) is 179 Å². The second kappa shape index (κ2) is 10.4. The molecule has 0 aliphatic carbocycles. The highest BCUT2D eigenvalue weighted by Crippen LogP contribution is 2.49. The Morgan fingerprint density at radius 1 is 0.300 bits per heavy atom. The molecular weight excluding hydrogens is 609 g/mol. The Morgan fingerprint density at radius 2 is 0.840 bits per heavy atom. The zero-order valence-corrected chi connectivity index (χ0v) is 27.0. The van der Waals surface area contributed by atoms with Gasteiger partial charge in [0, 0.05) is 27.1 Å². The quantitative estimate of drug-likeness (QED) is 0.180. The molecule has 0 atom stereocenters. The van der Waals surface area contributed by atoms with Crippen LogP contribution in [0.3, 0.4) is 0 Å². The first kappa shape index (κ1) is 27.3. The van der Waals surface area contributed by atoms with Crippen molar-refractivity contribution < 1.29 is 8.83 Å². The van der Waals surface area contributed by atoms with Crippen molar-refractivity contribution in [1.82, 2.24) is 0 Å². The van der Waals surface area contributed by atoms with Gasteiger partial charge >= 0.3 is 0 Å². The first-order chi connectivity index (χ1) is 24.8. The molecule has 11 rings (SSSR count). The Bertz CT molecular complexity index is 3100. The van der Waals surface area contributed by atoms with E-state index in [4.69, 9.17) is 8.83 Å². The predicted molar refractivity (Wildman–Crippen MR) is 210 cm³/mol. The minimum Gasteiger partial charge on any atom is -0.456 e. The first-order valence-corrected chi connectivity index (χ1v) is 17.1. The highest BCUT2D eigenvalue weighted by Gasteiger charge is 2.22. The van der Waals surface area contributed by atoms with E-state index in [9.17, 15) is 0 Å². The second-order valence-electron chi connectivity index (χ2n) is 13.2. The van der Waals surface area contributed by atoms with E-state index in [1.54, 1.807) is 0 Å². The molecule has 0 radical (unpaired) electrons. The van der Waals surface area contributed by atoms with Gasteiger partial charge in [0.15, 0.2) is 0 Å². The van der Waals surface area contributed by atoms with Crippen molar-refractivity contribution in [3.8, 4) is 33.4 Å². The summed E-state index contributed by atoms with van der Waals surface area (Å²) in [6.45, 7) is 0. The van der Waals surface area contributed by atoms with E-state index in [2.05, 4.69) is 158 Å². The fourth-order valence-electron chi connectivity index (χ4n) is 8.23. The lowest BCUT2D eigenvalue weighted by Crippen LogP contribution is -1.92. The molecule has 2 heteroatoms. The molecule has 0 unspecified atom stereocenters. The Hall–Kier alpha value is -6.64. The molecule has 11 aromatic rings. The van der Waals surface area contributed by atoms with Crippen LogP contribution >= 0.6 is 0 Å². The van der Waals surface area contributed by atoms with E-state index in [1.807, 2.05) is 12.1 Å². The van der Waals surface area contributed by atoms with Crippen molar-refractivity contribution >= 4 is 76.2 Å². The summed E-state index contributed by atoms with van der Waals surface area (Å²) in [5.74, 6) is 0. The minimum absolute atomic E-state index is 0.890. The monoisotopic (exact) mass is 636 g/mol. The maximum absolute atomic E-state index is 6.78. The standard InChI is InChI=1S/C48H28O2/c1-2-12-30-27-31(22-21-29(30)11-1)33-25-26-41(47-40-18-8-10-20-43(40)50-48(33)47)46-38-16-5-3-14-36(38)45(37-15-4-6-17-39(37)46)32-23-24-35-34-13-7-9-19-42(34)49-44(35)28-32/h1-28H. The molecule has 0 amide bonds. The van der Waals surface area contributed by atoms with E-state index in [0.717, 1.165) is 60.6 Å². The van der Waals surface area contributed by atoms with Crippen molar-refractivity contribution in [3.05, 3.63) is 170 Å². The number of hydrogen-bond acceptors (Lipinski definition) is 2. The molecule has 0 bridgehead atoms. The van der Waals surface area contributed by atoms with Gasteiger partial charge in [-0.1, -0.05) is 133 Å². The van der Waals surface area contributed by atoms with Crippen molar-refractivity contribution in [3.63, 3.8) is 0 Å². The van der Waals surface area contributed by atoms with Crippen molar-refractivity contribution in [1.29, 1.82) is 0 Å². The van der Waals surface area contributed by atoms with Crippen LogP contribution in [0.4, 0.5) is 0 Å². The highest BCUT2D eigenvalue weighted by molar-refractivity contribution is 6.27. The Morgan fingerprint density at radius 3 is 1.58 bits per heavy atom. The molecule has 232 valence electrons. The molecule has 0 saturated carbocycles. The average Bonchev–Trinajstić information content (AvgIpc) is 3.75. The van der Waals surface area contributed by atoms with Gasteiger partial charge in [-0.3, -0.25) is 0 Å². The van der Waals surface area contributed by atoms with Gasteiger partial charge in [-0.25, -0.2) is 0 Å². The van der Waals surface area contributed by atoms with E-state index in [0.29, 0.717) is 0 Å². The first-order valence-electron chi connectivity index (χ1n) is 17.1. The van der Waals surface area contributed by atoms with E-state index in [1.165, 1.54) is 49.0 Å². The molecule has 9 aromatic carbocycles. The summed E-state index contributed by atoms with van der Waals surface area (Å²) in [7, 11) is 0. The van der Waals surface area contributed by atoms with Crippen LogP contribution < -0.4 is 0 Å². The smallest absolute Gasteiger partial charge is 0.143 e. The zero-order valence-electron chi connectivity index (χ0n) is 27.0. The van der Waals surface area contributed by atoms with Crippen LogP contribution in [-0.2, 0) is 0 Å². The van der Waals surface area contributed by atoms with Crippen LogP contribution in [0.5, 0.6) is 0 Å². The van der Waals surface area contributed by atoms with Gasteiger partial charge < -0.3 is 8.83 Å². The third-order valence-electron chi connectivity index (χ3n) is 10.5. The topological polar surface area (TPSA) is 26.3 Å². The summed E-state index contributed by atoms with van der Waals surface area (Å²) in [5.41, 5.74) is 10.6. The average molecular weight is 637 g/mol. The highest BCUT2D eigenvalue weighted by atomic mass is 16.3. The number of benzene rings is 9. The van der Waals surface area contributed by atoms with Gasteiger partial charge in [0.1, 0.15) is 22.3 Å². The van der Waals surface area contributed by atoms with E-state index in [-0.39, 0.29) is 0 Å².